The zero-order valence-corrected chi connectivity index (χ0v) is 19.8. The van der Waals surface area contributed by atoms with Crippen molar-refractivity contribution in [3.05, 3.63) is 90.2 Å². The number of hydrogen-bond donors (Lipinski definition) is 2. The Hall–Kier alpha value is -3.75. The molecule has 0 bridgehead atoms. The summed E-state index contributed by atoms with van der Waals surface area (Å²) in [6, 6.07) is 23.8. The minimum atomic E-state index is -0.678. The van der Waals surface area contributed by atoms with Crippen LogP contribution in [0.2, 0.25) is 0 Å². The van der Waals surface area contributed by atoms with E-state index in [0.29, 0.717) is 24.5 Å². The lowest BCUT2D eigenvalue weighted by Gasteiger charge is -2.14. The molecule has 0 amide bonds. The molecule has 0 aliphatic rings. The number of halogens is 1. The summed E-state index contributed by atoms with van der Waals surface area (Å²) in [5, 5.41) is 18.0. The summed E-state index contributed by atoms with van der Waals surface area (Å²) in [7, 11) is 0. The quantitative estimate of drug-likeness (QED) is 0.322. The van der Waals surface area contributed by atoms with Gasteiger partial charge in [0.1, 0.15) is 5.82 Å². The van der Waals surface area contributed by atoms with Crippen LogP contribution in [0.4, 0.5) is 10.1 Å². The predicted molar refractivity (Wildman–Crippen MR) is 133 cm³/mol. The van der Waals surface area contributed by atoms with E-state index in [1.165, 1.54) is 12.1 Å². The summed E-state index contributed by atoms with van der Waals surface area (Å²) < 4.78 is 26.8. The molecule has 1 atom stereocenters. The van der Waals surface area contributed by atoms with Gasteiger partial charge in [-0.25, -0.2) is 9.07 Å². The summed E-state index contributed by atoms with van der Waals surface area (Å²) >= 11 is 0. The van der Waals surface area contributed by atoms with Gasteiger partial charge >= 0.3 is 6.01 Å². The normalized spacial score (nSPS) is 12.0. The van der Waals surface area contributed by atoms with E-state index in [-0.39, 0.29) is 24.5 Å². The summed E-state index contributed by atoms with van der Waals surface area (Å²) in [6.07, 6.45) is -0.785. The van der Waals surface area contributed by atoms with Crippen molar-refractivity contribution in [2.24, 2.45) is 0 Å². The van der Waals surface area contributed by atoms with Crippen LogP contribution >= 0.6 is 0 Å². The van der Waals surface area contributed by atoms with Crippen LogP contribution in [0.5, 0.6) is 6.01 Å². The fraction of sp³-hybridized carbons (Fsp3) is 0.259. The molecule has 0 saturated heterocycles. The number of rotatable bonds is 11. The zero-order valence-electron chi connectivity index (χ0n) is 19.8. The van der Waals surface area contributed by atoms with Gasteiger partial charge in [0, 0.05) is 17.8 Å². The lowest BCUT2D eigenvalue weighted by molar-refractivity contribution is 0.0348. The maximum absolute atomic E-state index is 13.9. The number of ether oxygens (including phenoxy) is 2. The standard InChI is InChI=1S/C27H29FN4O3/c1-19(2)35-27-30-26(21-10-6-11-22(28)14-21)32(31-27)24-13-7-12-23(15-24)29-16-25(33)18-34-17-20-8-4-3-5-9-20/h3-15,19,25,29,33H,16-18H2,1-2H3/t25-/m1/s1. The van der Waals surface area contributed by atoms with Crippen LogP contribution in [0.3, 0.4) is 0 Å². The summed E-state index contributed by atoms with van der Waals surface area (Å²) in [5.41, 5.74) is 3.15. The van der Waals surface area contributed by atoms with Gasteiger partial charge in [-0.05, 0) is 49.7 Å². The van der Waals surface area contributed by atoms with Crippen LogP contribution in [0.25, 0.3) is 17.1 Å². The van der Waals surface area contributed by atoms with Crippen molar-refractivity contribution in [2.75, 3.05) is 18.5 Å². The summed E-state index contributed by atoms with van der Waals surface area (Å²) in [6.45, 7) is 4.76. The summed E-state index contributed by atoms with van der Waals surface area (Å²) in [5.74, 6) is 0.105. The Kier molecular flexibility index (Phi) is 8.07. The largest absolute Gasteiger partial charge is 0.460 e. The van der Waals surface area contributed by atoms with E-state index < -0.39 is 6.10 Å². The van der Waals surface area contributed by atoms with Crippen molar-refractivity contribution >= 4 is 5.69 Å². The lowest BCUT2D eigenvalue weighted by Crippen LogP contribution is -2.24. The molecule has 2 N–H and O–H groups in total. The molecule has 4 rings (SSSR count). The number of benzene rings is 3. The molecule has 0 unspecified atom stereocenters. The molecule has 35 heavy (non-hydrogen) atoms. The predicted octanol–water partition coefficient (Wildman–Crippen LogP) is 4.85. The van der Waals surface area contributed by atoms with Crippen molar-refractivity contribution in [3.8, 4) is 23.1 Å². The number of aliphatic hydroxyl groups is 1. The highest BCUT2D eigenvalue weighted by molar-refractivity contribution is 5.60. The van der Waals surface area contributed by atoms with E-state index in [2.05, 4.69) is 15.4 Å². The fourth-order valence-corrected chi connectivity index (χ4v) is 3.48. The number of nitrogens with zero attached hydrogens (tertiary/aromatic N) is 3. The van der Waals surface area contributed by atoms with Crippen molar-refractivity contribution in [1.29, 1.82) is 0 Å². The highest BCUT2D eigenvalue weighted by Gasteiger charge is 2.16. The smallest absolute Gasteiger partial charge is 0.336 e. The Morgan fingerprint density at radius 3 is 2.57 bits per heavy atom. The van der Waals surface area contributed by atoms with E-state index >= 15 is 0 Å². The average molecular weight is 477 g/mol. The Morgan fingerprint density at radius 1 is 1.00 bits per heavy atom. The van der Waals surface area contributed by atoms with Crippen molar-refractivity contribution in [3.63, 3.8) is 0 Å². The fourth-order valence-electron chi connectivity index (χ4n) is 3.48. The molecule has 8 heteroatoms. The molecule has 7 nitrogen and oxygen atoms in total. The van der Waals surface area contributed by atoms with Crippen molar-refractivity contribution < 1.29 is 19.0 Å². The number of nitrogens with one attached hydrogen (secondary N) is 1. The Bertz CT molecular complexity index is 1230. The van der Waals surface area contributed by atoms with Gasteiger partial charge in [0.15, 0.2) is 5.82 Å². The average Bonchev–Trinajstić information content (AvgIpc) is 3.27. The van der Waals surface area contributed by atoms with Gasteiger partial charge < -0.3 is 19.9 Å². The number of hydrogen-bond acceptors (Lipinski definition) is 6. The molecule has 0 radical (unpaired) electrons. The molecule has 4 aromatic rings. The number of anilines is 1. The first-order chi connectivity index (χ1) is 17.0. The first-order valence-electron chi connectivity index (χ1n) is 11.5. The first-order valence-corrected chi connectivity index (χ1v) is 11.5. The zero-order chi connectivity index (χ0) is 24.6. The number of aromatic nitrogens is 3. The Morgan fingerprint density at radius 2 is 1.80 bits per heavy atom. The third-order valence-corrected chi connectivity index (χ3v) is 5.07. The highest BCUT2D eigenvalue weighted by atomic mass is 19.1. The lowest BCUT2D eigenvalue weighted by atomic mass is 10.2. The van der Waals surface area contributed by atoms with E-state index in [1.54, 1.807) is 16.8 Å². The third-order valence-electron chi connectivity index (χ3n) is 5.07. The van der Waals surface area contributed by atoms with Crippen LogP contribution in [0.1, 0.15) is 19.4 Å². The second-order valence-electron chi connectivity index (χ2n) is 8.39. The van der Waals surface area contributed by atoms with Gasteiger partial charge in [0.2, 0.25) is 0 Å². The molecular formula is C27H29FN4O3. The molecule has 0 fully saturated rings. The monoisotopic (exact) mass is 476 g/mol. The van der Waals surface area contributed by atoms with E-state index in [9.17, 15) is 9.50 Å². The van der Waals surface area contributed by atoms with Gasteiger partial charge in [-0.3, -0.25) is 0 Å². The van der Waals surface area contributed by atoms with Gasteiger partial charge in [-0.2, -0.15) is 4.98 Å². The molecular weight excluding hydrogens is 447 g/mol. The molecule has 0 spiro atoms. The Balaban J connectivity index is 1.45. The SMILES string of the molecule is CC(C)Oc1nc(-c2cccc(F)c2)n(-c2cccc(NC[C@@H](O)COCc3ccccc3)c2)n1. The second-order valence-corrected chi connectivity index (χ2v) is 8.39. The molecule has 182 valence electrons. The van der Waals surface area contributed by atoms with Crippen LogP contribution in [-0.4, -0.2) is 45.2 Å². The van der Waals surface area contributed by atoms with Gasteiger partial charge in [0.25, 0.3) is 0 Å². The van der Waals surface area contributed by atoms with E-state index in [0.717, 1.165) is 16.9 Å². The highest BCUT2D eigenvalue weighted by Crippen LogP contribution is 2.26. The van der Waals surface area contributed by atoms with Crippen molar-refractivity contribution in [2.45, 2.75) is 32.7 Å². The first kappa shape index (κ1) is 24.4. The van der Waals surface area contributed by atoms with Crippen molar-refractivity contribution in [1.82, 2.24) is 14.8 Å². The van der Waals surface area contributed by atoms with Crippen LogP contribution in [0, 0.1) is 5.82 Å². The van der Waals surface area contributed by atoms with Gasteiger partial charge in [-0.1, -0.05) is 48.5 Å². The van der Waals surface area contributed by atoms with E-state index in [4.69, 9.17) is 9.47 Å². The number of aliphatic hydroxyl groups excluding tert-OH is 1. The van der Waals surface area contributed by atoms with Crippen LogP contribution in [0.15, 0.2) is 78.9 Å². The minimum Gasteiger partial charge on any atom is -0.460 e. The molecule has 1 heterocycles. The topological polar surface area (TPSA) is 81.4 Å². The molecule has 1 aromatic heterocycles. The second kappa shape index (κ2) is 11.6. The van der Waals surface area contributed by atoms with Crippen LogP contribution < -0.4 is 10.1 Å². The molecule has 0 saturated carbocycles. The molecule has 0 aliphatic carbocycles. The summed E-state index contributed by atoms with van der Waals surface area (Å²) in [4.78, 5) is 4.49. The maximum atomic E-state index is 13.9. The third kappa shape index (κ3) is 6.88. The van der Waals surface area contributed by atoms with E-state index in [1.807, 2.05) is 68.4 Å². The Labute approximate surface area is 204 Å². The molecule has 0 aliphatic heterocycles. The minimum absolute atomic E-state index is 0.107. The van der Waals surface area contributed by atoms with Gasteiger partial charge in [-0.15, -0.1) is 5.10 Å². The maximum Gasteiger partial charge on any atom is 0.336 e. The molecule has 3 aromatic carbocycles. The van der Waals surface area contributed by atoms with Crippen LogP contribution in [-0.2, 0) is 11.3 Å². The van der Waals surface area contributed by atoms with Gasteiger partial charge in [0.05, 0.1) is 31.1 Å².